The van der Waals surface area contributed by atoms with Gasteiger partial charge in [-0.15, -0.1) is 0 Å². The number of ether oxygens (including phenoxy) is 1. The Morgan fingerprint density at radius 1 is 0.920 bits per heavy atom. The Bertz CT molecular complexity index is 701. The minimum absolute atomic E-state index is 0.178. The van der Waals surface area contributed by atoms with E-state index in [4.69, 9.17) is 4.74 Å². The van der Waals surface area contributed by atoms with Gasteiger partial charge in [0, 0.05) is 39.1 Å². The fourth-order valence-corrected chi connectivity index (χ4v) is 3.04. The van der Waals surface area contributed by atoms with E-state index in [0.717, 1.165) is 36.5 Å². The lowest BCUT2D eigenvalue weighted by Crippen LogP contribution is -2.32. The zero-order valence-electron chi connectivity index (χ0n) is 14.5. The van der Waals surface area contributed by atoms with Gasteiger partial charge >= 0.3 is 0 Å². The summed E-state index contributed by atoms with van der Waals surface area (Å²) in [6, 6.07) is 14.4. The molecule has 1 fully saturated rings. The molecule has 0 unspecified atom stereocenters. The first-order chi connectivity index (χ1) is 12.1. The van der Waals surface area contributed by atoms with Crippen LogP contribution < -0.4 is 4.74 Å². The first kappa shape index (κ1) is 17.4. The highest BCUT2D eigenvalue weighted by atomic mass is 19.1. The zero-order chi connectivity index (χ0) is 17.6. The van der Waals surface area contributed by atoms with E-state index in [1.54, 1.807) is 19.2 Å². The van der Waals surface area contributed by atoms with Crippen LogP contribution in [0.1, 0.15) is 17.5 Å². The molecular formula is C20H23FN2O2. The summed E-state index contributed by atoms with van der Waals surface area (Å²) in [5.41, 5.74) is 2.17. The maximum Gasteiger partial charge on any atom is 0.224 e. The molecule has 1 amide bonds. The summed E-state index contributed by atoms with van der Waals surface area (Å²) >= 11 is 0. The smallest absolute Gasteiger partial charge is 0.224 e. The number of carbonyl (C=O) groups excluding carboxylic acids is 1. The molecule has 4 nitrogen and oxygen atoms in total. The van der Waals surface area contributed by atoms with E-state index in [9.17, 15) is 9.18 Å². The van der Waals surface area contributed by atoms with Crippen LogP contribution in [0, 0.1) is 5.82 Å². The normalized spacial score (nSPS) is 15.9. The Hall–Kier alpha value is -2.40. The molecule has 5 heteroatoms. The van der Waals surface area contributed by atoms with Crippen molar-refractivity contribution in [2.75, 3.05) is 26.7 Å². The third kappa shape index (κ3) is 4.79. The number of benzene rings is 2. The van der Waals surface area contributed by atoms with Gasteiger partial charge in [-0.3, -0.25) is 9.69 Å². The van der Waals surface area contributed by atoms with Crippen molar-refractivity contribution in [3.63, 3.8) is 0 Å². The number of hydrogen-bond acceptors (Lipinski definition) is 3. The first-order valence-electron chi connectivity index (χ1n) is 8.51. The summed E-state index contributed by atoms with van der Waals surface area (Å²) in [5, 5.41) is 0. The van der Waals surface area contributed by atoms with Crippen LogP contribution in [0.2, 0.25) is 0 Å². The number of hydrogen-bond donors (Lipinski definition) is 0. The largest absolute Gasteiger partial charge is 0.497 e. The third-order valence-electron chi connectivity index (χ3n) is 4.53. The second kappa shape index (κ2) is 8.12. The van der Waals surface area contributed by atoms with Crippen molar-refractivity contribution in [2.45, 2.75) is 19.5 Å². The van der Waals surface area contributed by atoms with Crippen LogP contribution in [-0.2, 0) is 17.9 Å². The van der Waals surface area contributed by atoms with Crippen molar-refractivity contribution in [2.24, 2.45) is 0 Å². The van der Waals surface area contributed by atoms with Gasteiger partial charge in [0.2, 0.25) is 5.91 Å². The Balaban J connectivity index is 1.58. The van der Waals surface area contributed by atoms with E-state index >= 15 is 0 Å². The number of nitrogens with zero attached hydrogens (tertiary/aromatic N) is 2. The van der Waals surface area contributed by atoms with E-state index in [0.29, 0.717) is 19.5 Å². The molecular weight excluding hydrogens is 319 g/mol. The average molecular weight is 342 g/mol. The molecule has 1 aliphatic heterocycles. The average Bonchev–Trinajstić information content (AvgIpc) is 2.80. The summed E-state index contributed by atoms with van der Waals surface area (Å²) in [7, 11) is 1.64. The maximum atomic E-state index is 13.0. The summed E-state index contributed by atoms with van der Waals surface area (Å²) in [4.78, 5) is 16.6. The van der Waals surface area contributed by atoms with Crippen LogP contribution in [0.3, 0.4) is 0 Å². The van der Waals surface area contributed by atoms with Gasteiger partial charge in [-0.2, -0.15) is 0 Å². The lowest BCUT2D eigenvalue weighted by atomic mass is 10.2. The molecule has 132 valence electrons. The highest BCUT2D eigenvalue weighted by molar-refractivity contribution is 5.76. The molecule has 2 aromatic carbocycles. The van der Waals surface area contributed by atoms with Gasteiger partial charge in [0.05, 0.1) is 7.11 Å². The molecule has 1 aliphatic rings. The molecule has 0 saturated carbocycles. The number of rotatable bonds is 5. The van der Waals surface area contributed by atoms with E-state index in [2.05, 4.69) is 4.90 Å². The lowest BCUT2D eigenvalue weighted by Gasteiger charge is -2.22. The summed E-state index contributed by atoms with van der Waals surface area (Å²) in [5.74, 6) is 0.773. The Morgan fingerprint density at radius 2 is 1.56 bits per heavy atom. The molecule has 0 spiro atoms. The number of methoxy groups -OCH3 is 1. The Labute approximate surface area is 147 Å². The minimum Gasteiger partial charge on any atom is -0.497 e. The van der Waals surface area contributed by atoms with E-state index in [1.807, 2.05) is 29.2 Å². The number of halogens is 1. The minimum atomic E-state index is -0.222. The van der Waals surface area contributed by atoms with Crippen LogP contribution >= 0.6 is 0 Å². The second-order valence-electron chi connectivity index (χ2n) is 6.32. The van der Waals surface area contributed by atoms with Crippen LogP contribution in [0.4, 0.5) is 4.39 Å². The molecule has 3 rings (SSSR count). The quantitative estimate of drug-likeness (QED) is 0.837. The molecule has 2 aromatic rings. The van der Waals surface area contributed by atoms with Gasteiger partial charge in [0.1, 0.15) is 11.6 Å². The van der Waals surface area contributed by atoms with Crippen molar-refractivity contribution in [1.82, 2.24) is 9.80 Å². The van der Waals surface area contributed by atoms with Crippen LogP contribution in [-0.4, -0.2) is 42.5 Å². The van der Waals surface area contributed by atoms with E-state index in [1.165, 1.54) is 12.1 Å². The highest BCUT2D eigenvalue weighted by Gasteiger charge is 2.21. The fourth-order valence-electron chi connectivity index (χ4n) is 3.04. The monoisotopic (exact) mass is 342 g/mol. The molecule has 0 N–H and O–H groups in total. The molecule has 1 saturated heterocycles. The first-order valence-corrected chi connectivity index (χ1v) is 8.51. The lowest BCUT2D eigenvalue weighted by molar-refractivity contribution is -0.130. The predicted octanol–water partition coefficient (Wildman–Crippen LogP) is 3.07. The van der Waals surface area contributed by atoms with Gasteiger partial charge in [0.25, 0.3) is 0 Å². The predicted molar refractivity (Wildman–Crippen MR) is 94.7 cm³/mol. The van der Waals surface area contributed by atoms with Crippen molar-refractivity contribution in [3.05, 3.63) is 65.5 Å². The van der Waals surface area contributed by atoms with Gasteiger partial charge < -0.3 is 9.64 Å². The second-order valence-corrected chi connectivity index (χ2v) is 6.32. The summed E-state index contributed by atoms with van der Waals surface area (Å²) in [6.07, 6.45) is 0.511. The molecule has 0 radical (unpaired) electrons. The molecule has 25 heavy (non-hydrogen) atoms. The molecule has 0 aromatic heterocycles. The standard InChI is InChI=1S/C20H23FN2O2/c1-25-19-8-4-17(5-9-19)15-23-13-12-22(11-10-20(23)24)14-16-2-6-18(21)7-3-16/h2-9H,10-15H2,1H3. The Kier molecular flexibility index (Phi) is 5.66. The SMILES string of the molecule is COc1ccc(CN2CCN(Cc3ccc(F)cc3)CCC2=O)cc1. The van der Waals surface area contributed by atoms with Crippen LogP contribution in [0.5, 0.6) is 5.75 Å². The number of carbonyl (C=O) groups is 1. The fraction of sp³-hybridized carbons (Fsp3) is 0.350. The van der Waals surface area contributed by atoms with Gasteiger partial charge in [-0.05, 0) is 35.4 Å². The van der Waals surface area contributed by atoms with Crippen LogP contribution in [0.15, 0.2) is 48.5 Å². The van der Waals surface area contributed by atoms with Crippen molar-refractivity contribution >= 4 is 5.91 Å². The van der Waals surface area contributed by atoms with Crippen LogP contribution in [0.25, 0.3) is 0 Å². The third-order valence-corrected chi connectivity index (χ3v) is 4.53. The molecule has 0 atom stereocenters. The molecule has 0 aliphatic carbocycles. The van der Waals surface area contributed by atoms with Gasteiger partial charge in [-0.1, -0.05) is 24.3 Å². The Morgan fingerprint density at radius 3 is 2.24 bits per heavy atom. The van der Waals surface area contributed by atoms with Gasteiger partial charge in [-0.25, -0.2) is 4.39 Å². The van der Waals surface area contributed by atoms with E-state index in [-0.39, 0.29) is 11.7 Å². The highest BCUT2D eigenvalue weighted by Crippen LogP contribution is 2.16. The molecule has 0 bridgehead atoms. The van der Waals surface area contributed by atoms with Crippen molar-refractivity contribution in [1.29, 1.82) is 0 Å². The zero-order valence-corrected chi connectivity index (χ0v) is 14.5. The molecule has 1 heterocycles. The topological polar surface area (TPSA) is 32.8 Å². The van der Waals surface area contributed by atoms with Crippen molar-refractivity contribution in [3.8, 4) is 5.75 Å². The summed E-state index contributed by atoms with van der Waals surface area (Å²) < 4.78 is 18.2. The van der Waals surface area contributed by atoms with Gasteiger partial charge in [0.15, 0.2) is 0 Å². The van der Waals surface area contributed by atoms with Crippen molar-refractivity contribution < 1.29 is 13.9 Å². The van der Waals surface area contributed by atoms with E-state index < -0.39 is 0 Å². The maximum absolute atomic E-state index is 13.0. The summed E-state index contributed by atoms with van der Waals surface area (Å²) in [6.45, 7) is 3.61. The number of amides is 1.